The summed E-state index contributed by atoms with van der Waals surface area (Å²) in [5.41, 5.74) is 2.74. The molecule has 0 radical (unpaired) electrons. The molecule has 96 valence electrons. The van der Waals surface area contributed by atoms with E-state index in [2.05, 4.69) is 9.52 Å². The van der Waals surface area contributed by atoms with Gasteiger partial charge in [-0.2, -0.15) is 0 Å². The number of aliphatic imine (C=N–C) groups is 1. The molecular formula is C15H14NO2P. The van der Waals surface area contributed by atoms with Crippen molar-refractivity contribution in [3.05, 3.63) is 71.8 Å². The van der Waals surface area contributed by atoms with Crippen LogP contribution in [0.2, 0.25) is 0 Å². The van der Waals surface area contributed by atoms with Crippen LogP contribution in [0.5, 0.6) is 0 Å². The monoisotopic (exact) mass is 271 g/mol. The molecule has 2 rings (SSSR count). The van der Waals surface area contributed by atoms with E-state index in [9.17, 15) is 4.79 Å². The Hall–Kier alpha value is -1.99. The van der Waals surface area contributed by atoms with E-state index in [0.717, 1.165) is 16.8 Å². The molecule has 0 saturated carbocycles. The molecule has 3 nitrogen and oxygen atoms in total. The van der Waals surface area contributed by atoms with E-state index in [4.69, 9.17) is 0 Å². The van der Waals surface area contributed by atoms with Gasteiger partial charge in [-0.1, -0.05) is 60.7 Å². The van der Waals surface area contributed by atoms with Crippen LogP contribution in [0.4, 0.5) is 0 Å². The maximum Gasteiger partial charge on any atom is 0.329 e. The number of carbonyl (C=O) groups is 1. The first-order valence-corrected chi connectivity index (χ1v) is 6.33. The molecule has 0 aliphatic carbocycles. The molecular weight excluding hydrogens is 257 g/mol. The topological polar surface area (TPSA) is 38.7 Å². The molecule has 1 atom stereocenters. The Labute approximate surface area is 114 Å². The van der Waals surface area contributed by atoms with Gasteiger partial charge in [-0.3, -0.25) is 4.99 Å². The number of benzene rings is 2. The highest BCUT2D eigenvalue weighted by Gasteiger charge is 2.07. The lowest BCUT2D eigenvalue weighted by molar-refractivity contribution is -0.131. The highest BCUT2D eigenvalue weighted by molar-refractivity contribution is 7.10. The number of carbonyl (C=O) groups excluding carboxylic acids is 1. The normalized spacial score (nSPS) is 9.74. The molecule has 19 heavy (non-hydrogen) atoms. The Morgan fingerprint density at radius 1 is 0.947 bits per heavy atom. The standard InChI is InChI=1S/C15H14NO2P/c17-14(18-19)11-16-15(12-7-3-1-4-8-12)13-9-5-2-6-10-13/h1-10H,11,19H2. The van der Waals surface area contributed by atoms with Gasteiger partial charge in [-0.15, -0.1) is 0 Å². The van der Waals surface area contributed by atoms with Gasteiger partial charge >= 0.3 is 5.97 Å². The minimum absolute atomic E-state index is 0.00260. The summed E-state index contributed by atoms with van der Waals surface area (Å²) in [5.74, 6) is -0.380. The Kier molecular flexibility index (Phi) is 4.82. The van der Waals surface area contributed by atoms with Crippen molar-refractivity contribution in [2.24, 2.45) is 4.99 Å². The molecule has 1 unspecified atom stereocenters. The van der Waals surface area contributed by atoms with E-state index in [1.165, 1.54) is 0 Å². The highest BCUT2D eigenvalue weighted by Crippen LogP contribution is 2.11. The van der Waals surface area contributed by atoms with Crippen LogP contribution in [-0.2, 0) is 9.32 Å². The maximum atomic E-state index is 11.2. The fourth-order valence-corrected chi connectivity index (χ4v) is 1.80. The Morgan fingerprint density at radius 3 is 1.84 bits per heavy atom. The van der Waals surface area contributed by atoms with Crippen LogP contribution in [0.25, 0.3) is 0 Å². The molecule has 0 heterocycles. The fourth-order valence-electron chi connectivity index (χ4n) is 1.72. The summed E-state index contributed by atoms with van der Waals surface area (Å²) in [6.07, 6.45) is 0. The van der Waals surface area contributed by atoms with Crippen molar-refractivity contribution in [2.75, 3.05) is 6.54 Å². The summed E-state index contributed by atoms with van der Waals surface area (Å²) in [6, 6.07) is 19.6. The molecule has 0 spiro atoms. The van der Waals surface area contributed by atoms with E-state index >= 15 is 0 Å². The predicted molar refractivity (Wildman–Crippen MR) is 79.2 cm³/mol. The number of rotatable bonds is 4. The third-order valence-electron chi connectivity index (χ3n) is 2.59. The largest absolute Gasteiger partial charge is 0.450 e. The van der Waals surface area contributed by atoms with Crippen LogP contribution in [-0.4, -0.2) is 18.2 Å². The second-order valence-corrected chi connectivity index (χ2v) is 4.12. The average molecular weight is 271 g/mol. The SMILES string of the molecule is O=C(CN=C(c1ccccc1)c1ccccc1)OP. The molecule has 2 aromatic rings. The summed E-state index contributed by atoms with van der Waals surface area (Å²) in [5, 5.41) is 0. The van der Waals surface area contributed by atoms with Crippen LogP contribution in [0, 0.1) is 0 Å². The summed E-state index contributed by atoms with van der Waals surface area (Å²) < 4.78 is 4.54. The van der Waals surface area contributed by atoms with E-state index in [-0.39, 0.29) is 12.5 Å². The van der Waals surface area contributed by atoms with Gasteiger partial charge in [0.2, 0.25) is 0 Å². The van der Waals surface area contributed by atoms with Gasteiger partial charge in [0.15, 0.2) is 0 Å². The maximum absolute atomic E-state index is 11.2. The van der Waals surface area contributed by atoms with Crippen molar-refractivity contribution < 1.29 is 9.32 Å². The number of hydrogen-bond donors (Lipinski definition) is 0. The first-order chi connectivity index (χ1) is 9.31. The van der Waals surface area contributed by atoms with Crippen LogP contribution in [0.1, 0.15) is 11.1 Å². The summed E-state index contributed by atoms with van der Waals surface area (Å²) in [4.78, 5) is 15.6. The smallest absolute Gasteiger partial charge is 0.329 e. The molecule has 0 amide bonds. The van der Waals surface area contributed by atoms with E-state index < -0.39 is 0 Å². The van der Waals surface area contributed by atoms with Gasteiger partial charge in [0, 0.05) is 11.1 Å². The third kappa shape index (κ3) is 3.73. The van der Waals surface area contributed by atoms with Crippen molar-refractivity contribution in [1.29, 1.82) is 0 Å². The Morgan fingerprint density at radius 2 is 1.42 bits per heavy atom. The van der Waals surface area contributed by atoms with Crippen molar-refractivity contribution in [3.63, 3.8) is 0 Å². The molecule has 0 saturated heterocycles. The summed E-state index contributed by atoms with van der Waals surface area (Å²) in [6.45, 7) is 0.00260. The minimum atomic E-state index is -0.380. The quantitative estimate of drug-likeness (QED) is 0.633. The Bertz CT molecular complexity index is 526. The fraction of sp³-hybridized carbons (Fsp3) is 0.0667. The third-order valence-corrected chi connectivity index (χ3v) is 2.86. The average Bonchev–Trinajstić information content (AvgIpc) is 2.49. The van der Waals surface area contributed by atoms with Crippen LogP contribution < -0.4 is 0 Å². The van der Waals surface area contributed by atoms with Gasteiger partial charge in [-0.25, -0.2) is 4.79 Å². The first kappa shape index (κ1) is 13.4. The zero-order valence-electron chi connectivity index (χ0n) is 10.3. The number of hydrogen-bond acceptors (Lipinski definition) is 3. The van der Waals surface area contributed by atoms with Gasteiger partial charge in [0.25, 0.3) is 0 Å². The van der Waals surface area contributed by atoms with Crippen molar-refractivity contribution in [1.82, 2.24) is 0 Å². The Balaban J connectivity index is 2.37. The molecule has 0 fully saturated rings. The molecule has 0 N–H and O–H groups in total. The zero-order chi connectivity index (χ0) is 13.5. The van der Waals surface area contributed by atoms with Gasteiger partial charge in [-0.05, 0) is 0 Å². The number of nitrogens with zero attached hydrogens (tertiary/aromatic N) is 1. The first-order valence-electron chi connectivity index (χ1n) is 5.86. The van der Waals surface area contributed by atoms with E-state index in [1.54, 1.807) is 0 Å². The van der Waals surface area contributed by atoms with E-state index in [1.807, 2.05) is 70.1 Å². The summed E-state index contributed by atoms with van der Waals surface area (Å²) in [7, 11) is 1.94. The highest BCUT2D eigenvalue weighted by atomic mass is 31.0. The predicted octanol–water partition coefficient (Wildman–Crippen LogP) is 2.86. The molecule has 4 heteroatoms. The van der Waals surface area contributed by atoms with Crippen molar-refractivity contribution >= 4 is 21.1 Å². The van der Waals surface area contributed by atoms with Gasteiger partial charge in [0.1, 0.15) is 6.54 Å². The lowest BCUT2D eigenvalue weighted by atomic mass is 10.0. The van der Waals surface area contributed by atoms with Crippen LogP contribution >= 0.6 is 9.47 Å². The van der Waals surface area contributed by atoms with E-state index in [0.29, 0.717) is 0 Å². The lowest BCUT2D eigenvalue weighted by Gasteiger charge is -2.07. The van der Waals surface area contributed by atoms with Gasteiger partial charge < -0.3 is 4.52 Å². The summed E-state index contributed by atoms with van der Waals surface area (Å²) >= 11 is 0. The van der Waals surface area contributed by atoms with Crippen LogP contribution in [0.15, 0.2) is 65.7 Å². The molecule has 0 aliphatic rings. The van der Waals surface area contributed by atoms with Crippen molar-refractivity contribution in [2.45, 2.75) is 0 Å². The molecule has 0 aliphatic heterocycles. The minimum Gasteiger partial charge on any atom is -0.450 e. The van der Waals surface area contributed by atoms with Crippen LogP contribution in [0.3, 0.4) is 0 Å². The molecule has 2 aromatic carbocycles. The lowest BCUT2D eigenvalue weighted by Crippen LogP contribution is -2.08. The molecule has 0 bridgehead atoms. The van der Waals surface area contributed by atoms with Gasteiger partial charge in [0.05, 0.1) is 15.2 Å². The molecule has 0 aromatic heterocycles. The second kappa shape index (κ2) is 6.81. The van der Waals surface area contributed by atoms with Crippen molar-refractivity contribution in [3.8, 4) is 0 Å². The second-order valence-electron chi connectivity index (χ2n) is 3.89. The zero-order valence-corrected chi connectivity index (χ0v) is 11.5.